The molecule has 0 spiro atoms. The van der Waals surface area contributed by atoms with Crippen LogP contribution in [0, 0.1) is 5.92 Å². The van der Waals surface area contributed by atoms with Gasteiger partial charge < -0.3 is 10.0 Å². The quantitative estimate of drug-likeness (QED) is 0.549. The fraction of sp³-hybridized carbons (Fsp3) is 0.700. The Kier molecular flexibility index (Phi) is 4.93. The molecule has 5 heteroatoms. The number of hydrogen-bond donors (Lipinski definition) is 1. The first-order valence-electron chi connectivity index (χ1n) is 9.66. The first-order valence-corrected chi connectivity index (χ1v) is 11.7. The molecule has 3 nitrogen and oxygen atoms in total. The average molecular weight is 379 g/mol. The van der Waals surface area contributed by atoms with Gasteiger partial charge in [-0.3, -0.25) is 0 Å². The summed E-state index contributed by atoms with van der Waals surface area (Å²) in [5.41, 5.74) is 1.75. The first kappa shape index (κ1) is 17.9. The van der Waals surface area contributed by atoms with E-state index >= 15 is 0 Å². The van der Waals surface area contributed by atoms with Gasteiger partial charge in [0, 0.05) is 18.1 Å². The molecule has 0 saturated heterocycles. The molecular formula is C20H30N2OS2. The molecule has 1 N–H and O–H groups in total. The summed E-state index contributed by atoms with van der Waals surface area (Å²) in [6, 6.07) is 4.82. The van der Waals surface area contributed by atoms with Gasteiger partial charge in [0.15, 0.2) is 0 Å². The largest absolute Gasteiger partial charge is 0.507 e. The highest BCUT2D eigenvalue weighted by molar-refractivity contribution is 7.98. The van der Waals surface area contributed by atoms with E-state index < -0.39 is 0 Å². The summed E-state index contributed by atoms with van der Waals surface area (Å²) in [7, 11) is 2.23. The highest BCUT2D eigenvalue weighted by Crippen LogP contribution is 2.58. The molecule has 0 amide bonds. The monoisotopic (exact) mass is 378 g/mol. The van der Waals surface area contributed by atoms with Gasteiger partial charge in [-0.25, -0.2) is 4.31 Å². The summed E-state index contributed by atoms with van der Waals surface area (Å²) in [6.45, 7) is 3.41. The zero-order chi connectivity index (χ0) is 17.6. The van der Waals surface area contributed by atoms with Crippen molar-refractivity contribution >= 4 is 29.4 Å². The number of fused-ring (bicyclic) bond motifs is 2. The maximum Gasteiger partial charge on any atom is 0.130 e. The standard InChI is InChI=1S/C20H30N2OS2/c1-4-5-6-15-13-22(20-8-7-14(11-20)12-20)16-9-19(24-3)17(23)10-18(16)25-21(15)2/h9-10,14-15,23H,4-8,11-13H2,1-3H3. The molecule has 1 aromatic carbocycles. The van der Waals surface area contributed by atoms with Crippen LogP contribution in [0.3, 0.4) is 0 Å². The third-order valence-electron chi connectivity index (χ3n) is 6.52. The van der Waals surface area contributed by atoms with Gasteiger partial charge in [-0.15, -0.1) is 11.8 Å². The van der Waals surface area contributed by atoms with Crippen molar-refractivity contribution < 1.29 is 5.11 Å². The number of thioether (sulfide) groups is 1. The van der Waals surface area contributed by atoms with Crippen LogP contribution in [0.4, 0.5) is 5.69 Å². The summed E-state index contributed by atoms with van der Waals surface area (Å²) in [4.78, 5) is 4.98. The second kappa shape index (κ2) is 6.90. The van der Waals surface area contributed by atoms with Crippen LogP contribution in [-0.2, 0) is 0 Å². The van der Waals surface area contributed by atoms with Crippen molar-refractivity contribution in [3.8, 4) is 5.75 Å². The minimum absolute atomic E-state index is 0.391. The van der Waals surface area contributed by atoms with Crippen molar-refractivity contribution in [3.05, 3.63) is 12.1 Å². The molecule has 0 aromatic heterocycles. The number of rotatable bonds is 5. The smallest absolute Gasteiger partial charge is 0.130 e. The Morgan fingerprint density at radius 3 is 2.80 bits per heavy atom. The van der Waals surface area contributed by atoms with Crippen molar-refractivity contribution in [2.75, 3.05) is 24.7 Å². The maximum atomic E-state index is 10.4. The van der Waals surface area contributed by atoms with Crippen LogP contribution in [0.15, 0.2) is 21.9 Å². The van der Waals surface area contributed by atoms with Crippen LogP contribution in [-0.4, -0.2) is 40.8 Å². The molecule has 2 bridgehead atoms. The summed E-state index contributed by atoms with van der Waals surface area (Å²) in [5, 5.41) is 10.4. The first-order chi connectivity index (χ1) is 12.1. The van der Waals surface area contributed by atoms with Gasteiger partial charge in [0.1, 0.15) is 5.75 Å². The molecule has 1 atom stereocenters. The lowest BCUT2D eigenvalue weighted by Crippen LogP contribution is -2.55. The lowest BCUT2D eigenvalue weighted by Gasteiger charge is -2.50. The number of phenols is 1. The summed E-state index contributed by atoms with van der Waals surface area (Å²) in [6.07, 6.45) is 11.4. The third kappa shape index (κ3) is 3.06. The van der Waals surface area contributed by atoms with E-state index in [-0.39, 0.29) is 0 Å². The van der Waals surface area contributed by atoms with E-state index in [0.717, 1.165) is 17.4 Å². The highest BCUT2D eigenvalue weighted by atomic mass is 32.2. The minimum atomic E-state index is 0.391. The van der Waals surface area contributed by atoms with E-state index in [1.54, 1.807) is 11.8 Å². The van der Waals surface area contributed by atoms with Gasteiger partial charge in [0.25, 0.3) is 0 Å². The molecule has 3 fully saturated rings. The number of anilines is 1. The van der Waals surface area contributed by atoms with Crippen molar-refractivity contribution in [3.63, 3.8) is 0 Å². The Labute approximate surface area is 160 Å². The lowest BCUT2D eigenvalue weighted by molar-refractivity contribution is 0.216. The molecule has 138 valence electrons. The van der Waals surface area contributed by atoms with Crippen molar-refractivity contribution in [1.29, 1.82) is 0 Å². The average Bonchev–Trinajstić information content (AvgIpc) is 3.14. The third-order valence-corrected chi connectivity index (χ3v) is 8.40. The lowest BCUT2D eigenvalue weighted by atomic mass is 9.75. The van der Waals surface area contributed by atoms with Crippen LogP contribution in [0.2, 0.25) is 0 Å². The number of benzene rings is 1. The van der Waals surface area contributed by atoms with Gasteiger partial charge in [-0.05, 0) is 75.4 Å². The second-order valence-electron chi connectivity index (χ2n) is 8.07. The number of phenolic OH excluding ortho intramolecular Hbond substituents is 1. The van der Waals surface area contributed by atoms with E-state index in [4.69, 9.17) is 0 Å². The van der Waals surface area contributed by atoms with E-state index in [1.165, 1.54) is 55.5 Å². The van der Waals surface area contributed by atoms with Crippen molar-refractivity contribution in [2.45, 2.75) is 73.2 Å². The number of aromatic hydroxyl groups is 1. The molecule has 1 unspecified atom stereocenters. The second-order valence-corrected chi connectivity index (χ2v) is 10.1. The summed E-state index contributed by atoms with van der Waals surface area (Å²) in [5.74, 6) is 1.39. The van der Waals surface area contributed by atoms with E-state index in [0.29, 0.717) is 17.3 Å². The van der Waals surface area contributed by atoms with Crippen LogP contribution >= 0.6 is 23.7 Å². The van der Waals surface area contributed by atoms with Gasteiger partial charge in [0.2, 0.25) is 0 Å². The van der Waals surface area contributed by atoms with Gasteiger partial charge in [-0.2, -0.15) is 0 Å². The Hall–Kier alpha value is -0.520. The molecule has 0 radical (unpaired) electrons. The molecular weight excluding hydrogens is 348 g/mol. The van der Waals surface area contributed by atoms with Crippen LogP contribution in [0.25, 0.3) is 0 Å². The molecule has 4 aliphatic rings. The Morgan fingerprint density at radius 1 is 1.36 bits per heavy atom. The summed E-state index contributed by atoms with van der Waals surface area (Å²) >= 11 is 3.47. The van der Waals surface area contributed by atoms with Gasteiger partial charge in [0.05, 0.1) is 15.5 Å². The molecule has 25 heavy (non-hydrogen) atoms. The van der Waals surface area contributed by atoms with Crippen molar-refractivity contribution in [2.24, 2.45) is 5.92 Å². The summed E-state index contributed by atoms with van der Waals surface area (Å²) < 4.78 is 2.44. The predicted octanol–water partition coefficient (Wildman–Crippen LogP) is 5.37. The van der Waals surface area contributed by atoms with E-state index in [2.05, 4.69) is 35.5 Å². The zero-order valence-electron chi connectivity index (χ0n) is 15.6. The minimum Gasteiger partial charge on any atom is -0.507 e. The fourth-order valence-electron chi connectivity index (χ4n) is 5.05. The molecule has 1 heterocycles. The Bertz CT molecular complexity index is 639. The Balaban J connectivity index is 1.73. The molecule has 3 aliphatic carbocycles. The maximum absolute atomic E-state index is 10.4. The SMILES string of the molecule is CCCCC1CN(C23CCC(C2)C3)c2cc(SC)c(O)cc2SN1C. The topological polar surface area (TPSA) is 26.7 Å². The van der Waals surface area contributed by atoms with Crippen molar-refractivity contribution in [1.82, 2.24) is 4.31 Å². The normalized spacial score (nSPS) is 31.6. The zero-order valence-corrected chi connectivity index (χ0v) is 17.3. The molecule has 3 saturated carbocycles. The number of likely N-dealkylation sites (N-methyl/N-ethyl adjacent to an activating group) is 1. The Morgan fingerprint density at radius 2 is 2.16 bits per heavy atom. The number of nitrogens with zero attached hydrogens (tertiary/aromatic N) is 2. The van der Waals surface area contributed by atoms with E-state index in [9.17, 15) is 5.11 Å². The van der Waals surface area contributed by atoms with Crippen LogP contribution < -0.4 is 4.90 Å². The van der Waals surface area contributed by atoms with E-state index in [1.807, 2.05) is 18.0 Å². The predicted molar refractivity (Wildman–Crippen MR) is 109 cm³/mol. The van der Waals surface area contributed by atoms with Crippen LogP contribution in [0.1, 0.15) is 51.9 Å². The number of hydrogen-bond acceptors (Lipinski definition) is 5. The van der Waals surface area contributed by atoms with Gasteiger partial charge in [-0.1, -0.05) is 19.8 Å². The van der Waals surface area contributed by atoms with Crippen LogP contribution in [0.5, 0.6) is 5.75 Å². The molecule has 1 aliphatic heterocycles. The number of unbranched alkanes of at least 4 members (excludes halogenated alkanes) is 1. The highest BCUT2D eigenvalue weighted by Gasteiger charge is 2.55. The fourth-order valence-corrected chi connectivity index (χ4v) is 6.61. The van der Waals surface area contributed by atoms with Gasteiger partial charge >= 0.3 is 0 Å². The molecule has 1 aromatic rings. The molecule has 5 rings (SSSR count).